The molecule has 0 aromatic carbocycles. The molecule has 0 aromatic heterocycles. The molecule has 40 nitrogen and oxygen atoms in total. The standard InChI is InChI=1S/12Mo.H3O4P.36H2O/c;;;;;;;;;;;;1-5(2,3)4;;;;;;;;;;;;;;;;;;;;;;;;;;;;;;;;;;;;/h;;;;;;;;;;;;(H3,1,2,3,4);36*1H2/q12*+3;;;;;;;;;;;;;;;;;;;;;;;;;;;;;;;;;;;;;/p-36. The molecule has 0 aliphatic heterocycles. The van der Waals surface area contributed by atoms with Gasteiger partial charge in [-0.3, -0.25) is 0 Å². The molecule has 0 bridgehead atoms. The van der Waals surface area contributed by atoms with Gasteiger partial charge in [-0.05, 0) is 0 Å². The predicted octanol–water partition coefficient (Wildman–Crippen LogP) is -11.2. The van der Waals surface area contributed by atoms with E-state index in [-0.39, 0.29) is 450 Å². The van der Waals surface area contributed by atoms with E-state index in [4.69, 9.17) is 19.2 Å². The van der Waals surface area contributed by atoms with Crippen LogP contribution in [0.15, 0.2) is 0 Å². The Morgan fingerprint density at radius 2 is 0.170 bits per heavy atom. The van der Waals surface area contributed by atoms with Crippen molar-refractivity contribution in [2.24, 2.45) is 0 Å². The minimum atomic E-state index is -5.39. The summed E-state index contributed by atoms with van der Waals surface area (Å²) >= 11 is 0. The van der Waals surface area contributed by atoms with Crippen molar-refractivity contribution >= 4 is 7.82 Å². The fraction of sp³-hybridized carbons (Fsp3) is 0. The molecule has 0 spiro atoms. The molecule has 0 amide bonds. The van der Waals surface area contributed by atoms with Crippen LogP contribution in [0.25, 0.3) is 0 Å². The summed E-state index contributed by atoms with van der Waals surface area (Å²) in [5.41, 5.74) is 0. The van der Waals surface area contributed by atoms with E-state index in [0.29, 0.717) is 0 Å². The normalized spacial score (nSPS) is 1.11. The summed E-state index contributed by atoms with van der Waals surface area (Å²) in [5.74, 6) is 0. The molecule has 39 N–H and O–H groups in total. The molecule has 0 saturated heterocycles. The summed E-state index contributed by atoms with van der Waals surface area (Å²) in [4.78, 5) is 25.6. The van der Waals surface area contributed by atoms with Crippen molar-refractivity contribution in [3.05, 3.63) is 0 Å². The molecular weight excluding hydrogens is 1820 g/mol. The van der Waals surface area contributed by atoms with Gasteiger partial charge in [-0.15, -0.1) is 0 Å². The van der Waals surface area contributed by atoms with E-state index in [0.717, 1.165) is 0 Å². The molecule has 53 heavy (non-hydrogen) atoms. The molecule has 0 heterocycles. The monoisotopic (exact) mass is 1880 g/mol. The van der Waals surface area contributed by atoms with Crippen LogP contribution in [0.3, 0.4) is 0 Å². The Balaban J connectivity index is -0.0000000000709. The van der Waals surface area contributed by atoms with Gasteiger partial charge in [0.05, 0.1) is 0 Å². The van der Waals surface area contributed by atoms with Crippen LogP contribution in [-0.4, -0.2) is 197 Å². The van der Waals surface area contributed by atoms with Crippen molar-refractivity contribution in [3.63, 3.8) is 0 Å². The van der Waals surface area contributed by atoms with Gasteiger partial charge in [0.25, 0.3) is 0 Å². The SMILES string of the molecule is O.O.O.O=P([O-])([O-])[O-].[Mo+3].[Mo+3].[Mo+3].[Mo+3].[Mo+3].[Mo+3].[Mo+3].[Mo+3].[Mo+3].[Mo+3].[Mo+3].[Mo+3].[OH-].[OH-].[OH-].[OH-].[OH-].[OH-].[OH-].[OH-].[OH-].[OH-].[OH-].[OH-].[OH-].[OH-].[OH-].[OH-].[OH-].[OH-].[OH-].[OH-].[OH-].[OH-].[OH-].[OH-].[OH-].[OH-].[OH-].[OH-].[OH-].[OH-].[OH-].[OH-].[OH-]. The van der Waals surface area contributed by atoms with Crippen LogP contribution in [-0.2, 0) is 257 Å². The first-order valence-corrected chi connectivity index (χ1v) is 2.19. The molecule has 53 heteroatoms. The van der Waals surface area contributed by atoms with Gasteiger partial charge in [0, 0.05) is 0 Å². The van der Waals surface area contributed by atoms with E-state index < -0.39 is 7.82 Å². The van der Waals surface area contributed by atoms with Crippen molar-refractivity contribution in [1.82, 2.24) is 0 Å². The van der Waals surface area contributed by atoms with Crippen LogP contribution < -0.4 is 14.7 Å². The Bertz CT molecular complexity index is 93.9. The molecule has 0 aliphatic rings. The fourth-order valence-electron chi connectivity index (χ4n) is 0. The molecule has 0 atom stereocenters. The van der Waals surface area contributed by atoms with Crippen LogP contribution in [0, 0.1) is 0 Å². The Hall–Kier alpha value is 6.93. The first-order chi connectivity index (χ1) is 2.00. The zero-order chi connectivity index (χ0) is 4.50. The topological polar surface area (TPSA) is 1170 Å². The fourth-order valence-corrected chi connectivity index (χ4v) is 0. The van der Waals surface area contributed by atoms with Gasteiger partial charge in [-0.1, -0.05) is 0 Å². The van der Waals surface area contributed by atoms with Crippen molar-refractivity contribution < 1.29 is 469 Å². The van der Waals surface area contributed by atoms with E-state index in [1.807, 2.05) is 0 Å². The second-order valence-electron chi connectivity index (χ2n) is 0.447. The van der Waals surface area contributed by atoms with E-state index in [1.54, 1.807) is 0 Å². The van der Waals surface area contributed by atoms with Gasteiger partial charge in [0.15, 0.2) is 0 Å². The van der Waals surface area contributed by atoms with Crippen LogP contribution in [0.4, 0.5) is 0 Å². The Labute approximate surface area is 470 Å². The largest absolute Gasteiger partial charge is 3.00 e. The minimum absolute atomic E-state index is 0. The van der Waals surface area contributed by atoms with Crippen LogP contribution in [0.2, 0.25) is 0 Å². The van der Waals surface area contributed by atoms with Gasteiger partial charge >= 0.3 is 253 Å². The summed E-state index contributed by atoms with van der Waals surface area (Å²) in [6.07, 6.45) is 0. The number of phosphoric acid groups is 1. The maximum atomic E-state index is 8.55. The molecule has 0 saturated carbocycles. The van der Waals surface area contributed by atoms with Crippen LogP contribution in [0.5, 0.6) is 0 Å². The maximum absolute atomic E-state index is 8.55. The van der Waals surface area contributed by atoms with Crippen molar-refractivity contribution in [2.45, 2.75) is 0 Å². The van der Waals surface area contributed by atoms with Gasteiger partial charge < -0.3 is 216 Å². The van der Waals surface area contributed by atoms with Gasteiger partial charge in [0.2, 0.25) is 0 Å². The molecule has 0 fully saturated rings. The Kier molecular flexibility index (Phi) is 38900. The zero-order valence-electron chi connectivity index (χ0n) is 23.2. The first-order valence-electron chi connectivity index (χ1n) is 0.730. The minimum Gasteiger partial charge on any atom is -0.870 e. The van der Waals surface area contributed by atoms with Gasteiger partial charge in [0.1, 0.15) is 0 Å². The van der Waals surface area contributed by atoms with Crippen molar-refractivity contribution in [1.29, 1.82) is 0 Å². The quantitative estimate of drug-likeness (QED) is 0.160. The van der Waals surface area contributed by atoms with E-state index >= 15 is 0 Å². The Morgan fingerprint density at radius 3 is 0.170 bits per heavy atom. The van der Waals surface area contributed by atoms with Gasteiger partial charge in [-0.2, -0.15) is 7.82 Å². The summed E-state index contributed by atoms with van der Waals surface area (Å²) < 4.78 is 8.55. The molecule has 0 aliphatic carbocycles. The third-order valence-corrected chi connectivity index (χ3v) is 0. The third-order valence-electron chi connectivity index (χ3n) is 0. The van der Waals surface area contributed by atoms with Crippen molar-refractivity contribution in [2.75, 3.05) is 0 Å². The average Bonchev–Trinajstić information content (AvgIpc) is 0.722. The molecule has 356 valence electrons. The third kappa shape index (κ3) is 3980. The van der Waals surface area contributed by atoms with E-state index in [9.17, 15) is 0 Å². The predicted molar refractivity (Wildman–Crippen MR) is 82.3 cm³/mol. The molecule has 0 aromatic rings. The number of hydrogen-bond donors (Lipinski definition) is 0. The smallest absolute Gasteiger partial charge is 0.870 e. The molecule has 12 radical (unpaired) electrons. The van der Waals surface area contributed by atoms with E-state index in [1.165, 1.54) is 0 Å². The summed E-state index contributed by atoms with van der Waals surface area (Å²) in [5, 5.41) is 0. The summed E-state index contributed by atoms with van der Waals surface area (Å²) in [7, 11) is -5.39. The maximum Gasteiger partial charge on any atom is 3.00 e. The van der Waals surface area contributed by atoms with Crippen LogP contribution in [0.1, 0.15) is 0 Å². The first kappa shape index (κ1) is 1740. The average molecular weight is 1860 g/mol. The Morgan fingerprint density at radius 1 is 0.170 bits per heavy atom. The van der Waals surface area contributed by atoms with Gasteiger partial charge in [-0.25, -0.2) is 0 Å². The molecule has 0 rings (SSSR count). The summed E-state index contributed by atoms with van der Waals surface area (Å²) in [6.45, 7) is 0. The second-order valence-corrected chi connectivity index (χ2v) is 1.34. The second kappa shape index (κ2) is 1180. The molecular formula is H39Mo12O40P. The number of hydrogen-bond acceptors (Lipinski definition) is 37. The van der Waals surface area contributed by atoms with Crippen LogP contribution >= 0.6 is 7.82 Å². The molecule has 0 unspecified atom stereocenters. The van der Waals surface area contributed by atoms with Crippen molar-refractivity contribution in [3.8, 4) is 0 Å². The zero-order valence-corrected chi connectivity index (χ0v) is 48.2. The van der Waals surface area contributed by atoms with E-state index in [2.05, 4.69) is 0 Å². The number of rotatable bonds is 0. The summed E-state index contributed by atoms with van der Waals surface area (Å²) in [6, 6.07) is 0.